The van der Waals surface area contributed by atoms with Gasteiger partial charge in [-0.1, -0.05) is 12.1 Å². The number of amides is 1. The Morgan fingerprint density at radius 3 is 2.77 bits per heavy atom. The van der Waals surface area contributed by atoms with Crippen LogP contribution in [-0.2, 0) is 4.79 Å². The van der Waals surface area contributed by atoms with Crippen molar-refractivity contribution in [3.63, 3.8) is 0 Å². The van der Waals surface area contributed by atoms with Crippen molar-refractivity contribution in [2.75, 3.05) is 11.9 Å². The Hall–Kier alpha value is -1.35. The summed E-state index contributed by atoms with van der Waals surface area (Å²) in [5, 5.41) is 11.2. The highest BCUT2D eigenvalue weighted by molar-refractivity contribution is 5.92. The van der Waals surface area contributed by atoms with E-state index in [0.29, 0.717) is 0 Å². The number of anilines is 1. The molecule has 0 atom stereocenters. The van der Waals surface area contributed by atoms with Crippen LogP contribution in [0.5, 0.6) is 0 Å². The standard InChI is InChI=1S/C10H13NO2/c1-7-4-3-5-9(8(7)2)11-10(13)6-12/h3-5,12H,6H2,1-2H3,(H,11,13). The maximum atomic E-state index is 10.9. The van der Waals surface area contributed by atoms with Gasteiger partial charge in [-0.2, -0.15) is 0 Å². The number of hydrogen-bond donors (Lipinski definition) is 2. The molecule has 3 nitrogen and oxygen atoms in total. The second-order valence-electron chi connectivity index (χ2n) is 2.95. The van der Waals surface area contributed by atoms with Crippen molar-refractivity contribution in [3.8, 4) is 0 Å². The zero-order valence-electron chi connectivity index (χ0n) is 7.79. The minimum absolute atomic E-state index is 0.381. The molecule has 0 bridgehead atoms. The molecule has 0 heterocycles. The normalized spacial score (nSPS) is 9.77. The number of aliphatic hydroxyl groups excluding tert-OH is 1. The van der Waals surface area contributed by atoms with Gasteiger partial charge in [0.1, 0.15) is 6.61 Å². The summed E-state index contributed by atoms with van der Waals surface area (Å²) in [5.41, 5.74) is 2.92. The maximum Gasteiger partial charge on any atom is 0.250 e. The molecule has 3 heteroatoms. The van der Waals surface area contributed by atoms with Crippen LogP contribution < -0.4 is 5.32 Å². The lowest BCUT2D eigenvalue weighted by Gasteiger charge is -2.08. The van der Waals surface area contributed by atoms with Crippen LogP contribution in [0.25, 0.3) is 0 Å². The molecule has 1 aromatic rings. The van der Waals surface area contributed by atoms with E-state index in [1.807, 2.05) is 32.0 Å². The van der Waals surface area contributed by atoms with Crippen LogP contribution in [0.2, 0.25) is 0 Å². The van der Waals surface area contributed by atoms with E-state index < -0.39 is 6.61 Å². The SMILES string of the molecule is Cc1cccc(NC(=O)CO)c1C. The van der Waals surface area contributed by atoms with Crippen molar-refractivity contribution in [1.82, 2.24) is 0 Å². The second-order valence-corrected chi connectivity index (χ2v) is 2.95. The highest BCUT2D eigenvalue weighted by atomic mass is 16.3. The van der Waals surface area contributed by atoms with E-state index in [1.54, 1.807) is 0 Å². The molecule has 70 valence electrons. The molecule has 1 aromatic carbocycles. The van der Waals surface area contributed by atoms with E-state index in [-0.39, 0.29) is 5.91 Å². The molecule has 0 saturated heterocycles. The van der Waals surface area contributed by atoms with Gasteiger partial charge in [-0.05, 0) is 31.0 Å². The fraction of sp³-hybridized carbons (Fsp3) is 0.300. The first kappa shape index (κ1) is 9.74. The number of benzene rings is 1. The summed E-state index contributed by atoms with van der Waals surface area (Å²) < 4.78 is 0. The number of aliphatic hydroxyl groups is 1. The van der Waals surface area contributed by atoms with Crippen molar-refractivity contribution in [1.29, 1.82) is 0 Å². The summed E-state index contributed by atoms with van der Waals surface area (Å²) in [7, 11) is 0. The van der Waals surface area contributed by atoms with Crippen LogP contribution in [0.1, 0.15) is 11.1 Å². The van der Waals surface area contributed by atoms with Crippen LogP contribution in [0.15, 0.2) is 18.2 Å². The van der Waals surface area contributed by atoms with E-state index in [2.05, 4.69) is 5.32 Å². The van der Waals surface area contributed by atoms with Crippen molar-refractivity contribution >= 4 is 11.6 Å². The average molecular weight is 179 g/mol. The molecular weight excluding hydrogens is 166 g/mol. The Bertz CT molecular complexity index is 321. The second kappa shape index (κ2) is 4.05. The molecule has 13 heavy (non-hydrogen) atoms. The molecule has 0 saturated carbocycles. The van der Waals surface area contributed by atoms with Crippen LogP contribution in [0.3, 0.4) is 0 Å². The van der Waals surface area contributed by atoms with Crippen molar-refractivity contribution in [3.05, 3.63) is 29.3 Å². The van der Waals surface area contributed by atoms with Gasteiger partial charge in [0.15, 0.2) is 0 Å². The third-order valence-electron chi connectivity index (χ3n) is 2.02. The highest BCUT2D eigenvalue weighted by Crippen LogP contribution is 2.17. The lowest BCUT2D eigenvalue weighted by atomic mass is 10.1. The molecule has 0 fully saturated rings. The minimum atomic E-state index is -0.479. The van der Waals surface area contributed by atoms with E-state index in [4.69, 9.17) is 5.11 Å². The Labute approximate surface area is 77.4 Å². The van der Waals surface area contributed by atoms with Gasteiger partial charge < -0.3 is 10.4 Å². The van der Waals surface area contributed by atoms with E-state index >= 15 is 0 Å². The quantitative estimate of drug-likeness (QED) is 0.717. The predicted octanol–water partition coefficient (Wildman–Crippen LogP) is 1.23. The fourth-order valence-electron chi connectivity index (χ4n) is 1.08. The van der Waals surface area contributed by atoms with Gasteiger partial charge in [-0.15, -0.1) is 0 Å². The third kappa shape index (κ3) is 2.29. The number of carbonyl (C=O) groups is 1. The molecule has 2 N–H and O–H groups in total. The molecule has 1 amide bonds. The van der Waals surface area contributed by atoms with Gasteiger partial charge in [-0.25, -0.2) is 0 Å². The lowest BCUT2D eigenvalue weighted by molar-refractivity contribution is -0.118. The summed E-state index contributed by atoms with van der Waals surface area (Å²) >= 11 is 0. The van der Waals surface area contributed by atoms with Crippen LogP contribution in [0.4, 0.5) is 5.69 Å². The number of nitrogens with one attached hydrogen (secondary N) is 1. The summed E-state index contributed by atoms with van der Waals surface area (Å²) in [6.07, 6.45) is 0. The van der Waals surface area contributed by atoms with E-state index in [1.165, 1.54) is 0 Å². The number of hydrogen-bond acceptors (Lipinski definition) is 2. The first-order chi connectivity index (χ1) is 6.15. The molecular formula is C10H13NO2. The van der Waals surface area contributed by atoms with Gasteiger partial charge in [0.25, 0.3) is 0 Å². The van der Waals surface area contributed by atoms with Gasteiger partial charge in [0.2, 0.25) is 5.91 Å². The molecule has 0 spiro atoms. The number of rotatable bonds is 2. The maximum absolute atomic E-state index is 10.9. The highest BCUT2D eigenvalue weighted by Gasteiger charge is 2.03. The smallest absolute Gasteiger partial charge is 0.250 e. The summed E-state index contributed by atoms with van der Waals surface area (Å²) in [5.74, 6) is -0.381. The first-order valence-corrected chi connectivity index (χ1v) is 4.12. The molecule has 0 aromatic heterocycles. The van der Waals surface area contributed by atoms with Crippen LogP contribution in [0, 0.1) is 13.8 Å². The summed E-state index contributed by atoms with van der Waals surface area (Å²) in [4.78, 5) is 10.9. The van der Waals surface area contributed by atoms with E-state index in [0.717, 1.165) is 16.8 Å². The van der Waals surface area contributed by atoms with Crippen molar-refractivity contribution in [2.45, 2.75) is 13.8 Å². The van der Waals surface area contributed by atoms with Gasteiger partial charge >= 0.3 is 0 Å². The monoisotopic (exact) mass is 179 g/mol. The number of aryl methyl sites for hydroxylation is 1. The molecule has 0 aliphatic carbocycles. The fourth-order valence-corrected chi connectivity index (χ4v) is 1.08. The summed E-state index contributed by atoms with van der Waals surface area (Å²) in [6, 6.07) is 5.66. The van der Waals surface area contributed by atoms with Crippen molar-refractivity contribution in [2.24, 2.45) is 0 Å². The predicted molar refractivity (Wildman–Crippen MR) is 51.6 cm³/mol. The van der Waals surface area contributed by atoms with Crippen LogP contribution >= 0.6 is 0 Å². The molecule has 0 aliphatic rings. The average Bonchev–Trinajstić information content (AvgIpc) is 2.13. The Morgan fingerprint density at radius 1 is 1.46 bits per heavy atom. The van der Waals surface area contributed by atoms with E-state index in [9.17, 15) is 4.79 Å². The van der Waals surface area contributed by atoms with Crippen molar-refractivity contribution < 1.29 is 9.90 Å². The Morgan fingerprint density at radius 2 is 2.15 bits per heavy atom. The van der Waals surface area contributed by atoms with Gasteiger partial charge in [0, 0.05) is 5.69 Å². The van der Waals surface area contributed by atoms with Gasteiger partial charge in [-0.3, -0.25) is 4.79 Å². The topological polar surface area (TPSA) is 49.3 Å². The zero-order chi connectivity index (χ0) is 9.84. The molecule has 1 rings (SSSR count). The molecule has 0 unspecified atom stereocenters. The molecule has 0 radical (unpaired) electrons. The Balaban J connectivity index is 2.89. The number of carbonyl (C=O) groups excluding carboxylic acids is 1. The zero-order valence-corrected chi connectivity index (χ0v) is 7.79. The van der Waals surface area contributed by atoms with Gasteiger partial charge in [0.05, 0.1) is 0 Å². The Kier molecular flexibility index (Phi) is 3.03. The largest absolute Gasteiger partial charge is 0.387 e. The summed E-state index contributed by atoms with van der Waals surface area (Å²) in [6.45, 7) is 3.43. The molecule has 0 aliphatic heterocycles. The van der Waals surface area contributed by atoms with Crippen LogP contribution in [-0.4, -0.2) is 17.6 Å². The first-order valence-electron chi connectivity index (χ1n) is 4.12. The minimum Gasteiger partial charge on any atom is -0.387 e. The lowest BCUT2D eigenvalue weighted by Crippen LogP contribution is -2.16. The third-order valence-corrected chi connectivity index (χ3v) is 2.02.